The van der Waals surface area contributed by atoms with Gasteiger partial charge in [-0.05, 0) is 52.2 Å². The maximum atomic E-state index is 12.1. The molecule has 4 aromatic carbocycles. The first kappa shape index (κ1) is 23.3. The van der Waals surface area contributed by atoms with Crippen molar-refractivity contribution >= 4 is 33.8 Å². The molecule has 1 heterocycles. The third kappa shape index (κ3) is 4.83. The van der Waals surface area contributed by atoms with Crippen molar-refractivity contribution in [3.05, 3.63) is 118 Å². The number of esters is 1. The molecular formula is C30H23N3O2S. The smallest absolute Gasteiger partial charge is 0.337 e. The molecule has 0 aliphatic heterocycles. The summed E-state index contributed by atoms with van der Waals surface area (Å²) in [5, 5.41) is 12.2. The lowest BCUT2D eigenvalue weighted by Gasteiger charge is -2.26. The Morgan fingerprint density at radius 1 is 0.972 bits per heavy atom. The lowest BCUT2D eigenvalue weighted by atomic mass is 9.94. The average Bonchev–Trinajstić information content (AvgIpc) is 3.45. The van der Waals surface area contributed by atoms with Crippen molar-refractivity contribution in [2.24, 2.45) is 0 Å². The Bertz CT molecular complexity index is 1570. The van der Waals surface area contributed by atoms with Gasteiger partial charge in [-0.15, -0.1) is 11.3 Å². The van der Waals surface area contributed by atoms with Crippen LogP contribution in [0.5, 0.6) is 0 Å². The first-order chi connectivity index (χ1) is 17.7. The molecule has 0 fully saturated rings. The van der Waals surface area contributed by atoms with Crippen LogP contribution in [0.2, 0.25) is 0 Å². The molecule has 0 aliphatic rings. The third-order valence-corrected chi connectivity index (χ3v) is 6.88. The molecule has 36 heavy (non-hydrogen) atoms. The van der Waals surface area contributed by atoms with Crippen LogP contribution in [0.3, 0.4) is 0 Å². The molecule has 0 spiro atoms. The Labute approximate surface area is 213 Å². The molecule has 176 valence electrons. The Morgan fingerprint density at radius 3 is 2.61 bits per heavy atom. The standard InChI is InChI=1S/C30H23N3O2S/c1-35-30(34)23-9-4-6-21(14-23)18-33(19-26-17-32-20-36-26)25-13-12-24(16-31)29(15-25)28-11-5-8-22-7-2-3-10-27(22)28/h2-15,17,20H,18-19H2,1H3. The predicted molar refractivity (Wildman–Crippen MR) is 144 cm³/mol. The summed E-state index contributed by atoms with van der Waals surface area (Å²) in [5.74, 6) is -0.359. The van der Waals surface area contributed by atoms with Crippen LogP contribution >= 0.6 is 11.3 Å². The van der Waals surface area contributed by atoms with Crippen molar-refractivity contribution < 1.29 is 9.53 Å². The second kappa shape index (κ2) is 10.4. The predicted octanol–water partition coefficient (Wildman–Crippen LogP) is 6.83. The molecule has 0 saturated carbocycles. The zero-order valence-electron chi connectivity index (χ0n) is 19.7. The number of benzene rings is 4. The molecule has 5 aromatic rings. The number of fused-ring (bicyclic) bond motifs is 1. The lowest BCUT2D eigenvalue weighted by Crippen LogP contribution is -2.22. The molecule has 6 heteroatoms. The zero-order chi connectivity index (χ0) is 24.9. The van der Waals surface area contributed by atoms with Gasteiger partial charge in [-0.1, -0.05) is 54.6 Å². The van der Waals surface area contributed by atoms with Crippen molar-refractivity contribution in [2.45, 2.75) is 13.1 Å². The minimum Gasteiger partial charge on any atom is -0.465 e. The van der Waals surface area contributed by atoms with E-state index in [2.05, 4.69) is 46.3 Å². The Kier molecular flexibility index (Phi) is 6.74. The number of hydrogen-bond donors (Lipinski definition) is 0. The van der Waals surface area contributed by atoms with E-state index in [-0.39, 0.29) is 5.97 Å². The van der Waals surface area contributed by atoms with Crippen LogP contribution in [0.4, 0.5) is 5.69 Å². The lowest BCUT2D eigenvalue weighted by molar-refractivity contribution is 0.0600. The van der Waals surface area contributed by atoms with Gasteiger partial charge in [0.05, 0.1) is 36.4 Å². The molecule has 5 rings (SSSR count). The highest BCUT2D eigenvalue weighted by molar-refractivity contribution is 7.09. The Balaban J connectivity index is 1.59. The Hall–Kier alpha value is -4.47. The minimum atomic E-state index is -0.359. The van der Waals surface area contributed by atoms with Gasteiger partial charge < -0.3 is 9.64 Å². The van der Waals surface area contributed by atoms with E-state index < -0.39 is 0 Å². The first-order valence-corrected chi connectivity index (χ1v) is 12.4. The van der Waals surface area contributed by atoms with Crippen molar-refractivity contribution in [1.82, 2.24) is 4.98 Å². The van der Waals surface area contributed by atoms with Gasteiger partial charge in [0.25, 0.3) is 0 Å². The number of carbonyl (C=O) groups is 1. The number of carbonyl (C=O) groups excluding carboxylic acids is 1. The molecule has 0 N–H and O–H groups in total. The maximum absolute atomic E-state index is 12.1. The third-order valence-electron chi connectivity index (χ3n) is 6.12. The summed E-state index contributed by atoms with van der Waals surface area (Å²) in [6, 6.07) is 30.2. The van der Waals surface area contributed by atoms with E-state index in [0.717, 1.165) is 38.0 Å². The number of aromatic nitrogens is 1. The van der Waals surface area contributed by atoms with Crippen molar-refractivity contribution in [3.8, 4) is 17.2 Å². The molecule has 1 aromatic heterocycles. The number of thiazole rings is 1. The summed E-state index contributed by atoms with van der Waals surface area (Å²) in [6.45, 7) is 1.22. The molecule has 0 amide bonds. The van der Waals surface area contributed by atoms with Crippen LogP contribution in [0.1, 0.15) is 26.4 Å². The molecule has 0 atom stereocenters. The summed E-state index contributed by atoms with van der Waals surface area (Å²) in [5.41, 5.74) is 6.85. The number of hydrogen-bond acceptors (Lipinski definition) is 6. The van der Waals surface area contributed by atoms with Gasteiger partial charge in [0.2, 0.25) is 0 Å². The first-order valence-electron chi connectivity index (χ1n) is 11.5. The second-order valence-electron chi connectivity index (χ2n) is 8.38. The van der Waals surface area contributed by atoms with Gasteiger partial charge in [0.15, 0.2) is 0 Å². The largest absolute Gasteiger partial charge is 0.465 e. The zero-order valence-corrected chi connectivity index (χ0v) is 20.5. The second-order valence-corrected chi connectivity index (χ2v) is 9.36. The molecule has 0 unspecified atom stereocenters. The molecule has 0 radical (unpaired) electrons. The topological polar surface area (TPSA) is 66.2 Å². The fourth-order valence-electron chi connectivity index (χ4n) is 4.39. The van der Waals surface area contributed by atoms with E-state index >= 15 is 0 Å². The van der Waals surface area contributed by atoms with E-state index in [1.165, 1.54) is 7.11 Å². The normalized spacial score (nSPS) is 10.7. The Morgan fingerprint density at radius 2 is 1.81 bits per heavy atom. The van der Waals surface area contributed by atoms with Crippen LogP contribution in [0.15, 0.2) is 96.6 Å². The average molecular weight is 490 g/mol. The quantitative estimate of drug-likeness (QED) is 0.235. The van der Waals surface area contributed by atoms with Crippen molar-refractivity contribution in [3.63, 3.8) is 0 Å². The molecule has 0 bridgehead atoms. The summed E-state index contributed by atoms with van der Waals surface area (Å²) < 4.78 is 4.90. The van der Waals surface area contributed by atoms with Crippen LogP contribution < -0.4 is 4.90 Å². The minimum absolute atomic E-state index is 0.359. The molecule has 0 saturated heterocycles. The van der Waals surface area contributed by atoms with Gasteiger partial charge >= 0.3 is 5.97 Å². The van der Waals surface area contributed by atoms with Crippen LogP contribution in [-0.2, 0) is 17.8 Å². The van der Waals surface area contributed by atoms with Crippen LogP contribution in [0, 0.1) is 11.3 Å². The number of rotatable bonds is 7. The van der Waals surface area contributed by atoms with Gasteiger partial charge in [0.1, 0.15) is 0 Å². The van der Waals surface area contributed by atoms with E-state index in [0.29, 0.717) is 24.2 Å². The van der Waals surface area contributed by atoms with Gasteiger partial charge in [-0.25, -0.2) is 4.79 Å². The van der Waals surface area contributed by atoms with E-state index in [9.17, 15) is 10.1 Å². The fraction of sp³-hybridized carbons (Fsp3) is 0.100. The molecular weight excluding hydrogens is 466 g/mol. The highest BCUT2D eigenvalue weighted by Crippen LogP contribution is 2.34. The fourth-order valence-corrected chi connectivity index (χ4v) is 5.00. The number of ether oxygens (including phenoxy) is 1. The van der Waals surface area contributed by atoms with Crippen LogP contribution in [-0.4, -0.2) is 18.1 Å². The SMILES string of the molecule is COC(=O)c1cccc(CN(Cc2cncs2)c2ccc(C#N)c(-c3cccc4ccccc34)c2)c1. The van der Waals surface area contributed by atoms with E-state index in [1.807, 2.05) is 60.2 Å². The number of anilines is 1. The van der Waals surface area contributed by atoms with E-state index in [4.69, 9.17) is 4.74 Å². The number of methoxy groups -OCH3 is 1. The number of nitrogens with zero attached hydrogens (tertiary/aromatic N) is 3. The number of nitriles is 1. The summed E-state index contributed by atoms with van der Waals surface area (Å²) in [7, 11) is 1.39. The highest BCUT2D eigenvalue weighted by Gasteiger charge is 2.16. The monoisotopic (exact) mass is 489 g/mol. The maximum Gasteiger partial charge on any atom is 0.337 e. The van der Waals surface area contributed by atoms with Gasteiger partial charge in [-0.3, -0.25) is 4.98 Å². The van der Waals surface area contributed by atoms with Crippen molar-refractivity contribution in [2.75, 3.05) is 12.0 Å². The van der Waals surface area contributed by atoms with E-state index in [1.54, 1.807) is 17.4 Å². The van der Waals surface area contributed by atoms with Crippen LogP contribution in [0.25, 0.3) is 21.9 Å². The van der Waals surface area contributed by atoms with Gasteiger partial charge in [0, 0.05) is 28.9 Å². The summed E-state index contributed by atoms with van der Waals surface area (Å²) >= 11 is 1.60. The highest BCUT2D eigenvalue weighted by atomic mass is 32.1. The molecule has 0 aliphatic carbocycles. The van der Waals surface area contributed by atoms with Gasteiger partial charge in [-0.2, -0.15) is 5.26 Å². The molecule has 5 nitrogen and oxygen atoms in total. The summed E-state index contributed by atoms with van der Waals surface area (Å²) in [6.07, 6.45) is 1.87. The van der Waals surface area contributed by atoms with Crippen molar-refractivity contribution in [1.29, 1.82) is 5.26 Å². The summed E-state index contributed by atoms with van der Waals surface area (Å²) in [4.78, 5) is 19.7.